The maximum absolute atomic E-state index is 5.46. The van der Waals surface area contributed by atoms with Gasteiger partial charge in [-0.15, -0.1) is 0 Å². The molecular formula is C17H23N3O. The van der Waals surface area contributed by atoms with Gasteiger partial charge >= 0.3 is 0 Å². The fourth-order valence-corrected chi connectivity index (χ4v) is 3.20. The molecule has 1 saturated carbocycles. The van der Waals surface area contributed by atoms with E-state index in [9.17, 15) is 0 Å². The summed E-state index contributed by atoms with van der Waals surface area (Å²) in [7, 11) is 1.97. The van der Waals surface area contributed by atoms with Crippen LogP contribution in [0.2, 0.25) is 0 Å². The first kappa shape index (κ1) is 14.3. The van der Waals surface area contributed by atoms with E-state index in [0.29, 0.717) is 5.92 Å². The van der Waals surface area contributed by atoms with Gasteiger partial charge in [-0.25, -0.2) is 0 Å². The van der Waals surface area contributed by atoms with E-state index in [0.717, 1.165) is 24.1 Å². The standard InChI is InChI=1S/C17H23N3O/c1-12-8-9-14(10-12)17-19-16(21-20-17)11-15(18-2)13-6-4-3-5-7-13/h3-7,12,14-15,18H,8-11H2,1-2H3. The third-order valence-electron chi connectivity index (χ3n) is 4.47. The average molecular weight is 285 g/mol. The Hall–Kier alpha value is -1.68. The maximum Gasteiger partial charge on any atom is 0.228 e. The molecule has 1 aliphatic carbocycles. The van der Waals surface area contributed by atoms with Crippen LogP contribution in [0.5, 0.6) is 0 Å². The lowest BCUT2D eigenvalue weighted by Crippen LogP contribution is -2.18. The van der Waals surface area contributed by atoms with E-state index in [1.54, 1.807) is 0 Å². The van der Waals surface area contributed by atoms with E-state index in [-0.39, 0.29) is 6.04 Å². The summed E-state index contributed by atoms with van der Waals surface area (Å²) in [6.07, 6.45) is 4.38. The van der Waals surface area contributed by atoms with Gasteiger partial charge in [0.1, 0.15) is 0 Å². The van der Waals surface area contributed by atoms with Gasteiger partial charge < -0.3 is 9.84 Å². The summed E-state index contributed by atoms with van der Waals surface area (Å²) in [5.74, 6) is 2.90. The third kappa shape index (κ3) is 3.32. The summed E-state index contributed by atoms with van der Waals surface area (Å²) >= 11 is 0. The lowest BCUT2D eigenvalue weighted by atomic mass is 10.0. The van der Waals surface area contributed by atoms with Crippen LogP contribution in [0.15, 0.2) is 34.9 Å². The molecule has 3 atom stereocenters. The predicted molar refractivity (Wildman–Crippen MR) is 82.0 cm³/mol. The Morgan fingerprint density at radius 1 is 1.29 bits per heavy atom. The predicted octanol–water partition coefficient (Wildman–Crippen LogP) is 3.48. The van der Waals surface area contributed by atoms with Crippen molar-refractivity contribution in [1.29, 1.82) is 0 Å². The molecule has 112 valence electrons. The van der Waals surface area contributed by atoms with E-state index in [1.165, 1.54) is 24.8 Å². The summed E-state index contributed by atoms with van der Waals surface area (Å²) in [5, 5.41) is 7.52. The zero-order valence-electron chi connectivity index (χ0n) is 12.7. The highest BCUT2D eigenvalue weighted by Gasteiger charge is 2.27. The Morgan fingerprint density at radius 3 is 2.76 bits per heavy atom. The molecule has 3 unspecified atom stereocenters. The van der Waals surface area contributed by atoms with Crippen molar-refractivity contribution in [3.8, 4) is 0 Å². The summed E-state index contributed by atoms with van der Waals surface area (Å²) in [5.41, 5.74) is 1.24. The van der Waals surface area contributed by atoms with Crippen molar-refractivity contribution in [2.45, 2.75) is 44.6 Å². The van der Waals surface area contributed by atoms with E-state index in [2.05, 4.69) is 46.6 Å². The van der Waals surface area contributed by atoms with Gasteiger partial charge in [-0.1, -0.05) is 42.4 Å². The van der Waals surface area contributed by atoms with Gasteiger partial charge in [-0.05, 0) is 37.8 Å². The zero-order chi connectivity index (χ0) is 14.7. The van der Waals surface area contributed by atoms with Gasteiger partial charge in [0.2, 0.25) is 5.89 Å². The number of nitrogens with one attached hydrogen (secondary N) is 1. The molecule has 0 aliphatic heterocycles. The van der Waals surface area contributed by atoms with Crippen LogP contribution in [-0.4, -0.2) is 17.2 Å². The molecule has 1 aromatic heterocycles. The molecule has 0 saturated heterocycles. The molecule has 1 aromatic carbocycles. The number of benzene rings is 1. The fraction of sp³-hybridized carbons (Fsp3) is 0.529. The van der Waals surface area contributed by atoms with Gasteiger partial charge in [-0.2, -0.15) is 4.98 Å². The zero-order valence-corrected chi connectivity index (χ0v) is 12.7. The Labute approximate surface area is 126 Å². The third-order valence-corrected chi connectivity index (χ3v) is 4.47. The molecule has 1 heterocycles. The van der Waals surface area contributed by atoms with E-state index in [4.69, 9.17) is 4.52 Å². The van der Waals surface area contributed by atoms with E-state index >= 15 is 0 Å². The first-order valence-corrected chi connectivity index (χ1v) is 7.81. The van der Waals surface area contributed by atoms with E-state index < -0.39 is 0 Å². The highest BCUT2D eigenvalue weighted by atomic mass is 16.5. The number of nitrogens with zero attached hydrogens (tertiary/aromatic N) is 2. The lowest BCUT2D eigenvalue weighted by Gasteiger charge is -2.14. The Kier molecular flexibility index (Phi) is 4.34. The van der Waals surface area contributed by atoms with Gasteiger partial charge in [0.25, 0.3) is 0 Å². The molecule has 1 N–H and O–H groups in total. The topological polar surface area (TPSA) is 51.0 Å². The maximum atomic E-state index is 5.46. The van der Waals surface area contributed by atoms with Crippen molar-refractivity contribution in [3.05, 3.63) is 47.6 Å². The molecule has 1 fully saturated rings. The van der Waals surface area contributed by atoms with Crippen LogP contribution >= 0.6 is 0 Å². The number of likely N-dealkylation sites (N-methyl/N-ethyl adjacent to an activating group) is 1. The Morgan fingerprint density at radius 2 is 2.10 bits per heavy atom. The molecule has 4 nitrogen and oxygen atoms in total. The molecule has 1 aliphatic rings. The second kappa shape index (κ2) is 6.39. The van der Waals surface area contributed by atoms with Crippen molar-refractivity contribution in [1.82, 2.24) is 15.5 Å². The van der Waals surface area contributed by atoms with Crippen molar-refractivity contribution >= 4 is 0 Å². The number of hydrogen-bond donors (Lipinski definition) is 1. The second-order valence-electron chi connectivity index (χ2n) is 6.12. The lowest BCUT2D eigenvalue weighted by molar-refractivity contribution is 0.355. The summed E-state index contributed by atoms with van der Waals surface area (Å²) in [6.45, 7) is 2.30. The molecule has 0 radical (unpaired) electrons. The molecule has 3 rings (SSSR count). The molecule has 0 amide bonds. The minimum Gasteiger partial charge on any atom is -0.339 e. The van der Waals surface area contributed by atoms with Crippen molar-refractivity contribution in [2.75, 3.05) is 7.05 Å². The van der Waals surface area contributed by atoms with Gasteiger partial charge in [0.05, 0.1) is 0 Å². The Bertz CT molecular complexity index is 566. The number of aromatic nitrogens is 2. The molecule has 21 heavy (non-hydrogen) atoms. The van der Waals surface area contributed by atoms with Crippen LogP contribution in [0.3, 0.4) is 0 Å². The number of rotatable bonds is 5. The van der Waals surface area contributed by atoms with E-state index in [1.807, 2.05) is 13.1 Å². The smallest absolute Gasteiger partial charge is 0.228 e. The minimum absolute atomic E-state index is 0.210. The van der Waals surface area contributed by atoms with Crippen LogP contribution in [-0.2, 0) is 6.42 Å². The molecule has 2 aromatic rings. The van der Waals surface area contributed by atoms with Crippen molar-refractivity contribution in [2.24, 2.45) is 5.92 Å². The van der Waals surface area contributed by atoms with Gasteiger partial charge in [0.15, 0.2) is 5.82 Å². The summed E-state index contributed by atoms with van der Waals surface area (Å²) in [4.78, 5) is 4.62. The monoisotopic (exact) mass is 285 g/mol. The molecule has 4 heteroatoms. The average Bonchev–Trinajstić information content (AvgIpc) is 3.14. The Balaban J connectivity index is 1.69. The summed E-state index contributed by atoms with van der Waals surface area (Å²) in [6, 6.07) is 10.6. The minimum atomic E-state index is 0.210. The largest absolute Gasteiger partial charge is 0.339 e. The van der Waals surface area contributed by atoms with Crippen LogP contribution in [0, 0.1) is 5.92 Å². The highest BCUT2D eigenvalue weighted by Crippen LogP contribution is 2.36. The van der Waals surface area contributed by atoms with Crippen molar-refractivity contribution < 1.29 is 4.52 Å². The molecule has 0 spiro atoms. The first-order valence-electron chi connectivity index (χ1n) is 7.81. The van der Waals surface area contributed by atoms with Gasteiger partial charge in [-0.3, -0.25) is 0 Å². The first-order chi connectivity index (χ1) is 10.3. The number of hydrogen-bond acceptors (Lipinski definition) is 4. The van der Waals surface area contributed by atoms with Crippen molar-refractivity contribution in [3.63, 3.8) is 0 Å². The normalized spacial score (nSPS) is 23.3. The van der Waals surface area contributed by atoms with Crippen LogP contribution in [0.1, 0.15) is 55.4 Å². The SMILES string of the molecule is CNC(Cc1nc(C2CCC(C)C2)no1)c1ccccc1. The highest BCUT2D eigenvalue weighted by molar-refractivity contribution is 5.19. The quantitative estimate of drug-likeness (QED) is 0.914. The second-order valence-corrected chi connectivity index (χ2v) is 6.12. The van der Waals surface area contributed by atoms with Crippen LogP contribution < -0.4 is 5.32 Å². The summed E-state index contributed by atoms with van der Waals surface area (Å²) < 4.78 is 5.46. The fourth-order valence-electron chi connectivity index (χ4n) is 3.20. The molecular weight excluding hydrogens is 262 g/mol. The molecule has 0 bridgehead atoms. The van der Waals surface area contributed by atoms with Crippen LogP contribution in [0.25, 0.3) is 0 Å². The van der Waals surface area contributed by atoms with Crippen LogP contribution in [0.4, 0.5) is 0 Å². The van der Waals surface area contributed by atoms with Gasteiger partial charge in [0, 0.05) is 18.4 Å².